The fourth-order valence-electron chi connectivity index (χ4n) is 2.63. The molecular weight excluding hydrogens is 261 g/mol. The highest BCUT2D eigenvalue weighted by molar-refractivity contribution is 5.81. The van der Waals surface area contributed by atoms with Gasteiger partial charge in [-0.05, 0) is 19.4 Å². The van der Waals surface area contributed by atoms with Crippen LogP contribution >= 0.6 is 0 Å². The first-order chi connectivity index (χ1) is 9.54. The zero-order valence-electron chi connectivity index (χ0n) is 11.6. The van der Waals surface area contributed by atoms with Crippen molar-refractivity contribution in [3.63, 3.8) is 0 Å². The molecule has 2 atom stereocenters. The normalized spacial score (nSPS) is 20.1. The first kappa shape index (κ1) is 14.5. The Balaban J connectivity index is 2.17. The van der Waals surface area contributed by atoms with Crippen LogP contribution in [0.25, 0.3) is 0 Å². The molecule has 0 aliphatic carbocycles. The maximum absolute atomic E-state index is 13.7. The van der Waals surface area contributed by atoms with Crippen LogP contribution < -0.4 is 0 Å². The second-order valence-corrected chi connectivity index (χ2v) is 5.03. The molecule has 1 heterocycles. The third kappa shape index (κ3) is 2.81. The van der Waals surface area contributed by atoms with Crippen LogP contribution in [0.15, 0.2) is 24.3 Å². The fraction of sp³-hybridized carbons (Fsp3) is 0.467. The number of carbonyl (C=O) groups is 2. The summed E-state index contributed by atoms with van der Waals surface area (Å²) in [5.74, 6) is -1.13. The van der Waals surface area contributed by atoms with E-state index in [0.29, 0.717) is 18.4 Å². The molecule has 20 heavy (non-hydrogen) atoms. The zero-order valence-corrected chi connectivity index (χ0v) is 11.6. The lowest BCUT2D eigenvalue weighted by molar-refractivity contribution is -0.147. The molecule has 0 N–H and O–H groups in total. The van der Waals surface area contributed by atoms with Crippen molar-refractivity contribution in [1.82, 2.24) is 4.90 Å². The fourth-order valence-corrected chi connectivity index (χ4v) is 2.63. The summed E-state index contributed by atoms with van der Waals surface area (Å²) < 4.78 is 18.4. The Kier molecular flexibility index (Phi) is 4.37. The van der Waals surface area contributed by atoms with Crippen molar-refractivity contribution in [2.24, 2.45) is 5.92 Å². The average Bonchev–Trinajstić information content (AvgIpc) is 2.81. The van der Waals surface area contributed by atoms with E-state index in [0.717, 1.165) is 0 Å². The van der Waals surface area contributed by atoms with Gasteiger partial charge in [-0.25, -0.2) is 4.39 Å². The Morgan fingerprint density at radius 3 is 2.85 bits per heavy atom. The maximum atomic E-state index is 13.7. The largest absolute Gasteiger partial charge is 0.469 e. The monoisotopic (exact) mass is 279 g/mol. The summed E-state index contributed by atoms with van der Waals surface area (Å²) in [6.45, 7) is 1.93. The van der Waals surface area contributed by atoms with Gasteiger partial charge in [0.15, 0.2) is 0 Å². The number of halogens is 1. The second-order valence-electron chi connectivity index (χ2n) is 5.03. The van der Waals surface area contributed by atoms with Crippen molar-refractivity contribution in [3.8, 4) is 0 Å². The van der Waals surface area contributed by atoms with E-state index in [4.69, 9.17) is 4.74 Å². The smallest absolute Gasteiger partial charge is 0.310 e. The molecule has 2 unspecified atom stereocenters. The predicted molar refractivity (Wildman–Crippen MR) is 71.2 cm³/mol. The van der Waals surface area contributed by atoms with Gasteiger partial charge in [0.2, 0.25) is 5.91 Å². The van der Waals surface area contributed by atoms with Crippen molar-refractivity contribution in [1.29, 1.82) is 0 Å². The molecule has 4 nitrogen and oxygen atoms in total. The molecule has 1 aliphatic heterocycles. The van der Waals surface area contributed by atoms with Crippen molar-refractivity contribution < 1.29 is 18.7 Å². The van der Waals surface area contributed by atoms with E-state index in [1.165, 1.54) is 13.2 Å². The van der Waals surface area contributed by atoms with E-state index < -0.39 is 5.92 Å². The van der Waals surface area contributed by atoms with Gasteiger partial charge in [-0.1, -0.05) is 18.2 Å². The Morgan fingerprint density at radius 1 is 1.50 bits per heavy atom. The lowest BCUT2D eigenvalue weighted by Crippen LogP contribution is -2.40. The molecule has 1 aliphatic rings. The molecule has 0 bridgehead atoms. The number of nitrogens with zero attached hydrogens (tertiary/aromatic N) is 1. The molecule has 108 valence electrons. The number of esters is 1. The third-order valence-electron chi connectivity index (χ3n) is 3.82. The molecule has 1 saturated heterocycles. The summed E-state index contributed by atoms with van der Waals surface area (Å²) >= 11 is 0. The quantitative estimate of drug-likeness (QED) is 0.793. The van der Waals surface area contributed by atoms with Gasteiger partial charge in [0.25, 0.3) is 0 Å². The highest BCUT2D eigenvalue weighted by Crippen LogP contribution is 2.28. The first-order valence-electron chi connectivity index (χ1n) is 6.65. The number of hydrogen-bond acceptors (Lipinski definition) is 3. The Labute approximate surface area is 117 Å². The summed E-state index contributed by atoms with van der Waals surface area (Å²) in [5.41, 5.74) is 0.463. The van der Waals surface area contributed by atoms with Crippen LogP contribution in [0.4, 0.5) is 4.39 Å². The number of likely N-dealkylation sites (tertiary alicyclic amines) is 1. The minimum atomic E-state index is -0.404. The van der Waals surface area contributed by atoms with E-state index in [1.807, 2.05) is 0 Å². The van der Waals surface area contributed by atoms with E-state index in [2.05, 4.69) is 0 Å². The maximum Gasteiger partial charge on any atom is 0.310 e. The van der Waals surface area contributed by atoms with Gasteiger partial charge in [-0.15, -0.1) is 0 Å². The van der Waals surface area contributed by atoms with Crippen molar-refractivity contribution in [2.75, 3.05) is 7.11 Å². The van der Waals surface area contributed by atoms with Gasteiger partial charge in [-0.2, -0.15) is 0 Å². The number of benzene rings is 1. The summed E-state index contributed by atoms with van der Waals surface area (Å²) in [4.78, 5) is 25.2. The van der Waals surface area contributed by atoms with Crippen LogP contribution in [0.3, 0.4) is 0 Å². The van der Waals surface area contributed by atoms with Gasteiger partial charge in [0, 0.05) is 24.6 Å². The molecule has 1 amide bonds. The lowest BCUT2D eigenvalue weighted by atomic mass is 9.99. The van der Waals surface area contributed by atoms with E-state index in [1.54, 1.807) is 30.0 Å². The SMILES string of the molecule is COC(=O)C(C)C1CCC(=O)N1Cc1ccccc1F. The van der Waals surface area contributed by atoms with Crippen LogP contribution in [-0.4, -0.2) is 29.9 Å². The number of carbonyl (C=O) groups excluding carboxylic acids is 2. The molecule has 1 aromatic carbocycles. The molecule has 0 aromatic heterocycles. The van der Waals surface area contributed by atoms with E-state index in [-0.39, 0.29) is 30.3 Å². The summed E-state index contributed by atoms with van der Waals surface area (Å²) in [5, 5.41) is 0. The lowest BCUT2D eigenvalue weighted by Gasteiger charge is -2.28. The zero-order chi connectivity index (χ0) is 14.7. The third-order valence-corrected chi connectivity index (χ3v) is 3.82. The number of rotatable bonds is 4. The number of methoxy groups -OCH3 is 1. The standard InChI is InChI=1S/C15H18FNO3/c1-10(15(19)20-2)13-7-8-14(18)17(13)9-11-5-3-4-6-12(11)16/h3-6,10,13H,7-9H2,1-2H3. The minimum Gasteiger partial charge on any atom is -0.469 e. The molecular formula is C15H18FNO3. The number of amides is 1. The summed E-state index contributed by atoms with van der Waals surface area (Å²) in [7, 11) is 1.33. The van der Waals surface area contributed by atoms with Gasteiger partial charge in [-0.3, -0.25) is 9.59 Å². The van der Waals surface area contributed by atoms with E-state index >= 15 is 0 Å². The van der Waals surface area contributed by atoms with Gasteiger partial charge in [0.05, 0.1) is 13.0 Å². The Bertz CT molecular complexity index is 518. The summed E-state index contributed by atoms with van der Waals surface area (Å²) in [6, 6.07) is 6.14. The van der Waals surface area contributed by atoms with Crippen LogP contribution in [0, 0.1) is 11.7 Å². The number of ether oxygens (including phenoxy) is 1. The molecule has 1 aromatic rings. The molecule has 2 rings (SSSR count). The molecule has 0 saturated carbocycles. The van der Waals surface area contributed by atoms with Gasteiger partial charge in [0.1, 0.15) is 5.82 Å². The van der Waals surface area contributed by atoms with Crippen LogP contribution in [-0.2, 0) is 20.9 Å². The van der Waals surface area contributed by atoms with Crippen molar-refractivity contribution in [2.45, 2.75) is 32.4 Å². The summed E-state index contributed by atoms with van der Waals surface area (Å²) in [6.07, 6.45) is 0.990. The van der Waals surface area contributed by atoms with Crippen LogP contribution in [0.5, 0.6) is 0 Å². The molecule has 0 spiro atoms. The second kappa shape index (κ2) is 6.03. The Hall–Kier alpha value is -1.91. The number of hydrogen-bond donors (Lipinski definition) is 0. The van der Waals surface area contributed by atoms with Crippen molar-refractivity contribution in [3.05, 3.63) is 35.6 Å². The van der Waals surface area contributed by atoms with Crippen molar-refractivity contribution >= 4 is 11.9 Å². The van der Waals surface area contributed by atoms with Crippen LogP contribution in [0.1, 0.15) is 25.3 Å². The molecule has 5 heteroatoms. The van der Waals surface area contributed by atoms with Crippen LogP contribution in [0.2, 0.25) is 0 Å². The molecule has 0 radical (unpaired) electrons. The average molecular weight is 279 g/mol. The molecule has 1 fully saturated rings. The highest BCUT2D eigenvalue weighted by Gasteiger charge is 2.38. The predicted octanol–water partition coefficient (Wildman–Crippen LogP) is 2.13. The minimum absolute atomic E-state index is 0.0472. The first-order valence-corrected chi connectivity index (χ1v) is 6.65. The Morgan fingerprint density at radius 2 is 2.20 bits per heavy atom. The van der Waals surface area contributed by atoms with E-state index in [9.17, 15) is 14.0 Å². The van der Waals surface area contributed by atoms with Gasteiger partial charge >= 0.3 is 5.97 Å². The highest BCUT2D eigenvalue weighted by atomic mass is 19.1. The van der Waals surface area contributed by atoms with Gasteiger partial charge < -0.3 is 9.64 Å². The topological polar surface area (TPSA) is 46.6 Å².